The van der Waals surface area contributed by atoms with Gasteiger partial charge in [-0.05, 0) is 18.2 Å². The van der Waals surface area contributed by atoms with Gasteiger partial charge >= 0.3 is 5.97 Å². The lowest BCUT2D eigenvalue weighted by Gasteiger charge is -2.19. The molecule has 0 fully saturated rings. The van der Waals surface area contributed by atoms with E-state index >= 15 is 0 Å². The van der Waals surface area contributed by atoms with Gasteiger partial charge < -0.3 is 9.47 Å². The van der Waals surface area contributed by atoms with Crippen LogP contribution in [0.2, 0.25) is 13.1 Å². The standard InChI is InChI=1S/C15H17NO3Si/c1-18-14(11-16)20(3,4)9-8-12-6-5-7-13(10-12)15(17)19-2/h5-7,10,14H,1-4H3. The SMILES string of the molecule is COC(=O)c1cccc(C#C[Si](C)(C)C(C#N)OC)c1. The van der Waals surface area contributed by atoms with Crippen molar-refractivity contribution >= 4 is 14.0 Å². The Morgan fingerprint density at radius 1 is 1.35 bits per heavy atom. The van der Waals surface area contributed by atoms with E-state index in [4.69, 9.17) is 10.00 Å². The van der Waals surface area contributed by atoms with Crippen molar-refractivity contribution in [2.24, 2.45) is 0 Å². The molecule has 1 rings (SSSR count). The summed E-state index contributed by atoms with van der Waals surface area (Å²) in [6.45, 7) is 3.95. The van der Waals surface area contributed by atoms with E-state index in [1.54, 1.807) is 18.2 Å². The summed E-state index contributed by atoms with van der Waals surface area (Å²) < 4.78 is 9.82. The summed E-state index contributed by atoms with van der Waals surface area (Å²) in [4.78, 5) is 11.4. The van der Waals surface area contributed by atoms with Crippen LogP contribution in [-0.4, -0.2) is 34.0 Å². The van der Waals surface area contributed by atoms with Gasteiger partial charge in [-0.2, -0.15) is 5.26 Å². The van der Waals surface area contributed by atoms with Crippen LogP contribution in [0.3, 0.4) is 0 Å². The number of hydrogen-bond donors (Lipinski definition) is 0. The van der Waals surface area contributed by atoms with Gasteiger partial charge in [-0.25, -0.2) is 4.79 Å². The molecule has 0 saturated heterocycles. The third-order valence-electron chi connectivity index (χ3n) is 2.82. The first kappa shape index (κ1) is 16.0. The number of carbonyl (C=O) groups excluding carboxylic acids is 1. The van der Waals surface area contributed by atoms with Gasteiger partial charge in [0.05, 0.1) is 18.7 Å². The summed E-state index contributed by atoms with van der Waals surface area (Å²) in [5.74, 6) is 2.63. The smallest absolute Gasteiger partial charge is 0.337 e. The molecule has 0 bridgehead atoms. The molecule has 1 unspecified atom stereocenters. The fourth-order valence-corrected chi connectivity index (χ4v) is 3.16. The summed E-state index contributed by atoms with van der Waals surface area (Å²) >= 11 is 0. The number of rotatable bonds is 3. The van der Waals surface area contributed by atoms with Crippen LogP contribution in [0, 0.1) is 22.8 Å². The van der Waals surface area contributed by atoms with Gasteiger partial charge in [0.25, 0.3) is 0 Å². The number of esters is 1. The van der Waals surface area contributed by atoms with Gasteiger partial charge in [0.1, 0.15) is 5.73 Å². The van der Waals surface area contributed by atoms with Gasteiger partial charge in [0.15, 0.2) is 8.07 Å². The van der Waals surface area contributed by atoms with Crippen molar-refractivity contribution in [2.45, 2.75) is 18.8 Å². The average Bonchev–Trinajstić information content (AvgIpc) is 2.45. The Labute approximate surface area is 120 Å². The minimum absolute atomic E-state index is 0.392. The molecule has 0 aliphatic heterocycles. The molecule has 0 spiro atoms. The van der Waals surface area contributed by atoms with Gasteiger partial charge in [-0.3, -0.25) is 0 Å². The van der Waals surface area contributed by atoms with Crippen LogP contribution < -0.4 is 0 Å². The quantitative estimate of drug-likeness (QED) is 0.485. The van der Waals surface area contributed by atoms with Crippen molar-refractivity contribution in [3.05, 3.63) is 35.4 Å². The normalized spacial score (nSPS) is 11.8. The topological polar surface area (TPSA) is 59.3 Å². The molecule has 0 aromatic heterocycles. The molecular formula is C15H17NO3Si. The van der Waals surface area contributed by atoms with Crippen LogP contribution in [0.1, 0.15) is 15.9 Å². The highest BCUT2D eigenvalue weighted by molar-refractivity contribution is 6.86. The Morgan fingerprint density at radius 3 is 2.60 bits per heavy atom. The molecule has 104 valence electrons. The third kappa shape index (κ3) is 3.96. The summed E-state index contributed by atoms with van der Waals surface area (Å²) in [5.41, 5.74) is 3.86. The number of benzene rings is 1. The Hall–Kier alpha value is -2.08. The molecule has 0 amide bonds. The zero-order valence-corrected chi connectivity index (χ0v) is 13.1. The monoisotopic (exact) mass is 287 g/mol. The molecule has 1 aromatic carbocycles. The predicted molar refractivity (Wildman–Crippen MR) is 78.6 cm³/mol. The zero-order chi connectivity index (χ0) is 15.2. The van der Waals surface area contributed by atoms with Crippen molar-refractivity contribution in [3.8, 4) is 17.5 Å². The average molecular weight is 287 g/mol. The van der Waals surface area contributed by atoms with Crippen LogP contribution in [0.15, 0.2) is 24.3 Å². The predicted octanol–water partition coefficient (Wildman–Crippen LogP) is 2.15. The zero-order valence-electron chi connectivity index (χ0n) is 12.1. The van der Waals surface area contributed by atoms with Gasteiger partial charge in [-0.15, -0.1) is 5.54 Å². The molecule has 1 aromatic rings. The molecule has 1 atom stereocenters. The van der Waals surface area contributed by atoms with E-state index in [0.29, 0.717) is 5.56 Å². The van der Waals surface area contributed by atoms with E-state index in [1.165, 1.54) is 14.2 Å². The summed E-state index contributed by atoms with van der Waals surface area (Å²) in [5, 5.41) is 9.04. The lowest BCUT2D eigenvalue weighted by molar-refractivity contribution is 0.0600. The number of ether oxygens (including phenoxy) is 2. The second kappa shape index (κ2) is 6.90. The molecule has 0 aliphatic rings. The Balaban J connectivity index is 3.03. The number of carbonyl (C=O) groups is 1. The second-order valence-corrected chi connectivity index (χ2v) is 9.01. The largest absolute Gasteiger partial charge is 0.465 e. The maximum Gasteiger partial charge on any atom is 0.337 e. The fourth-order valence-electron chi connectivity index (χ4n) is 1.65. The molecule has 0 radical (unpaired) electrons. The van der Waals surface area contributed by atoms with Gasteiger partial charge in [-0.1, -0.05) is 25.1 Å². The first-order valence-corrected chi connectivity index (χ1v) is 9.16. The summed E-state index contributed by atoms with van der Waals surface area (Å²) in [6.07, 6.45) is 0. The number of nitrogens with zero attached hydrogens (tertiary/aromatic N) is 1. The van der Waals surface area contributed by atoms with Crippen molar-refractivity contribution in [1.82, 2.24) is 0 Å². The maximum atomic E-state index is 11.4. The highest BCUT2D eigenvalue weighted by Crippen LogP contribution is 2.11. The molecule has 0 aliphatic carbocycles. The Bertz CT molecular complexity index is 593. The van der Waals surface area contributed by atoms with Gasteiger partial charge in [0.2, 0.25) is 0 Å². The van der Waals surface area contributed by atoms with Crippen LogP contribution in [-0.2, 0) is 9.47 Å². The summed E-state index contributed by atoms with van der Waals surface area (Å²) in [7, 11) is 0.727. The molecule has 5 heteroatoms. The van der Waals surface area contributed by atoms with Crippen LogP contribution >= 0.6 is 0 Å². The number of methoxy groups -OCH3 is 2. The first-order valence-electron chi connectivity index (χ1n) is 6.08. The highest BCUT2D eigenvalue weighted by atomic mass is 28.3. The van der Waals surface area contributed by atoms with E-state index in [1.807, 2.05) is 19.2 Å². The van der Waals surface area contributed by atoms with Gasteiger partial charge in [0, 0.05) is 12.7 Å². The number of nitriles is 1. The van der Waals surface area contributed by atoms with Crippen molar-refractivity contribution in [3.63, 3.8) is 0 Å². The lowest BCUT2D eigenvalue weighted by Crippen LogP contribution is -2.40. The highest BCUT2D eigenvalue weighted by Gasteiger charge is 2.30. The van der Waals surface area contributed by atoms with E-state index in [9.17, 15) is 4.79 Å². The minimum Gasteiger partial charge on any atom is -0.465 e. The number of hydrogen-bond acceptors (Lipinski definition) is 4. The molecular weight excluding hydrogens is 270 g/mol. The second-order valence-electron chi connectivity index (χ2n) is 4.79. The first-order chi connectivity index (χ1) is 9.44. The summed E-state index contributed by atoms with van der Waals surface area (Å²) in [6, 6.07) is 9.05. The van der Waals surface area contributed by atoms with E-state index in [-0.39, 0.29) is 0 Å². The third-order valence-corrected chi connectivity index (χ3v) is 5.27. The van der Waals surface area contributed by atoms with Crippen molar-refractivity contribution in [2.75, 3.05) is 14.2 Å². The molecule has 0 saturated carbocycles. The minimum atomic E-state index is -2.13. The maximum absolute atomic E-state index is 11.4. The van der Waals surface area contributed by atoms with Crippen LogP contribution in [0.25, 0.3) is 0 Å². The fraction of sp³-hybridized carbons (Fsp3) is 0.333. The van der Waals surface area contributed by atoms with Crippen molar-refractivity contribution in [1.29, 1.82) is 5.26 Å². The van der Waals surface area contributed by atoms with Crippen molar-refractivity contribution < 1.29 is 14.3 Å². The van der Waals surface area contributed by atoms with Crippen LogP contribution in [0.5, 0.6) is 0 Å². The molecule has 0 heterocycles. The Morgan fingerprint density at radius 2 is 2.05 bits per heavy atom. The van der Waals surface area contributed by atoms with Crippen LogP contribution in [0.4, 0.5) is 0 Å². The molecule has 0 N–H and O–H groups in total. The molecule has 20 heavy (non-hydrogen) atoms. The van der Waals surface area contributed by atoms with E-state index in [2.05, 4.69) is 22.3 Å². The molecule has 4 nitrogen and oxygen atoms in total. The Kier molecular flexibility index (Phi) is 5.51. The lowest BCUT2D eigenvalue weighted by atomic mass is 10.1. The van der Waals surface area contributed by atoms with E-state index in [0.717, 1.165) is 5.56 Å². The van der Waals surface area contributed by atoms with E-state index < -0.39 is 19.8 Å².